The molecule has 164 valence electrons. The topological polar surface area (TPSA) is 103 Å². The number of rotatable bonds is 7. The van der Waals surface area contributed by atoms with E-state index in [2.05, 4.69) is 10.3 Å². The molecule has 4 rings (SSSR count). The first-order chi connectivity index (χ1) is 15.5. The molecule has 1 fully saturated rings. The number of nitro groups is 1. The predicted molar refractivity (Wildman–Crippen MR) is 121 cm³/mol. The lowest BCUT2D eigenvalue weighted by Gasteiger charge is -2.28. The molecule has 0 aliphatic carbocycles. The summed E-state index contributed by atoms with van der Waals surface area (Å²) in [5.74, 6) is -0.332. The minimum absolute atomic E-state index is 0.00559. The lowest BCUT2D eigenvalue weighted by Crippen LogP contribution is -2.32. The zero-order chi connectivity index (χ0) is 22.7. The summed E-state index contributed by atoms with van der Waals surface area (Å²) in [5.41, 5.74) is 2.32. The van der Waals surface area contributed by atoms with Crippen molar-refractivity contribution < 1.29 is 14.5 Å². The summed E-state index contributed by atoms with van der Waals surface area (Å²) in [6.45, 7) is 0.354. The summed E-state index contributed by atoms with van der Waals surface area (Å²) in [4.78, 5) is 29.1. The number of hydrogen-bond acceptors (Lipinski definition) is 6. The highest BCUT2D eigenvalue weighted by Gasteiger charge is 2.41. The third kappa shape index (κ3) is 4.17. The molecule has 1 aliphatic rings. The highest BCUT2D eigenvalue weighted by Crippen LogP contribution is 2.39. The van der Waals surface area contributed by atoms with Crippen molar-refractivity contribution in [3.05, 3.63) is 88.5 Å². The van der Waals surface area contributed by atoms with Crippen molar-refractivity contribution in [1.29, 1.82) is 0 Å². The minimum Gasteiger partial charge on any atom is -0.469 e. The third-order valence-electron chi connectivity index (χ3n) is 5.38. The molecule has 2 aromatic heterocycles. The number of nitrogens with zero attached hydrogens (tertiary/aromatic N) is 4. The maximum Gasteiger partial charge on any atom is 0.307 e. The maximum absolute atomic E-state index is 11.8. The van der Waals surface area contributed by atoms with Crippen LogP contribution in [0.1, 0.15) is 29.9 Å². The van der Waals surface area contributed by atoms with E-state index < -0.39 is 4.92 Å². The lowest BCUT2D eigenvalue weighted by atomic mass is 10.0. The van der Waals surface area contributed by atoms with Crippen LogP contribution in [0.15, 0.2) is 67.0 Å². The Hall–Kier alpha value is -3.79. The Labute approximate surface area is 189 Å². The predicted octanol–water partition coefficient (Wildman–Crippen LogP) is 3.32. The van der Waals surface area contributed by atoms with Crippen LogP contribution in [0, 0.1) is 10.1 Å². The van der Waals surface area contributed by atoms with Crippen LogP contribution in [-0.2, 0) is 9.53 Å². The van der Waals surface area contributed by atoms with E-state index >= 15 is 0 Å². The zero-order valence-electron chi connectivity index (χ0n) is 17.2. The number of aromatic nitrogens is 2. The Morgan fingerprint density at radius 2 is 2.09 bits per heavy atom. The first kappa shape index (κ1) is 21.4. The highest BCUT2D eigenvalue weighted by atomic mass is 32.1. The first-order valence-electron chi connectivity index (χ1n) is 9.96. The quantitative estimate of drug-likeness (QED) is 0.253. The van der Waals surface area contributed by atoms with E-state index in [1.54, 1.807) is 12.3 Å². The van der Waals surface area contributed by atoms with E-state index in [0.29, 0.717) is 17.3 Å². The number of benzene rings is 1. The van der Waals surface area contributed by atoms with Crippen molar-refractivity contribution in [2.45, 2.75) is 18.5 Å². The first-order valence-corrected chi connectivity index (χ1v) is 10.4. The largest absolute Gasteiger partial charge is 0.469 e. The highest BCUT2D eigenvalue weighted by molar-refractivity contribution is 7.80. The molecule has 1 N–H and O–H groups in total. The van der Waals surface area contributed by atoms with Crippen LogP contribution in [0.3, 0.4) is 0 Å². The molecule has 3 aromatic rings. The smallest absolute Gasteiger partial charge is 0.307 e. The Balaban J connectivity index is 1.77. The van der Waals surface area contributed by atoms with Gasteiger partial charge in [-0.05, 0) is 42.5 Å². The van der Waals surface area contributed by atoms with E-state index in [9.17, 15) is 14.9 Å². The molecule has 0 radical (unpaired) electrons. The summed E-state index contributed by atoms with van der Waals surface area (Å²) in [6.07, 6.45) is 3.73. The van der Waals surface area contributed by atoms with Crippen LogP contribution in [0.4, 0.5) is 5.69 Å². The number of nitro benzene ring substituents is 1. The molecule has 1 aromatic carbocycles. The number of esters is 1. The number of nitrogens with one attached hydrogen (secondary N) is 1. The zero-order valence-corrected chi connectivity index (χ0v) is 18.1. The molecule has 32 heavy (non-hydrogen) atoms. The van der Waals surface area contributed by atoms with Gasteiger partial charge in [-0.1, -0.05) is 12.1 Å². The summed E-state index contributed by atoms with van der Waals surface area (Å²) in [7, 11) is 1.35. The fourth-order valence-electron chi connectivity index (χ4n) is 3.91. The molecule has 0 spiro atoms. The van der Waals surface area contributed by atoms with Crippen LogP contribution in [-0.4, -0.2) is 44.1 Å². The number of carbonyl (C=O) groups excluding carboxylic acids is 1. The molecule has 3 heterocycles. The van der Waals surface area contributed by atoms with Gasteiger partial charge in [-0.2, -0.15) is 0 Å². The van der Waals surface area contributed by atoms with Crippen LogP contribution >= 0.6 is 12.2 Å². The van der Waals surface area contributed by atoms with Crippen LogP contribution in [0.5, 0.6) is 0 Å². The molecule has 0 bridgehead atoms. The van der Waals surface area contributed by atoms with E-state index in [1.165, 1.54) is 19.2 Å². The van der Waals surface area contributed by atoms with E-state index in [-0.39, 0.29) is 30.2 Å². The van der Waals surface area contributed by atoms with Gasteiger partial charge in [0.05, 0.1) is 41.9 Å². The van der Waals surface area contributed by atoms with Gasteiger partial charge in [0.25, 0.3) is 5.69 Å². The van der Waals surface area contributed by atoms with Gasteiger partial charge < -0.3 is 19.5 Å². The lowest BCUT2D eigenvalue weighted by molar-refractivity contribution is -0.384. The molecule has 2 atom stereocenters. The van der Waals surface area contributed by atoms with Crippen molar-refractivity contribution >= 4 is 29.0 Å². The van der Waals surface area contributed by atoms with Gasteiger partial charge in [0.15, 0.2) is 5.11 Å². The number of hydrogen-bond donors (Lipinski definition) is 1. The van der Waals surface area contributed by atoms with Crippen molar-refractivity contribution in [3.63, 3.8) is 0 Å². The average molecular weight is 452 g/mol. The molecule has 1 aliphatic heterocycles. The van der Waals surface area contributed by atoms with Crippen molar-refractivity contribution in [3.8, 4) is 5.69 Å². The molecule has 0 saturated carbocycles. The van der Waals surface area contributed by atoms with Gasteiger partial charge in [0, 0.05) is 36.8 Å². The van der Waals surface area contributed by atoms with E-state index in [1.807, 2.05) is 52.1 Å². The van der Waals surface area contributed by atoms with Gasteiger partial charge >= 0.3 is 5.97 Å². The maximum atomic E-state index is 11.8. The van der Waals surface area contributed by atoms with Gasteiger partial charge in [0.2, 0.25) is 0 Å². The number of methoxy groups -OCH3 is 1. The van der Waals surface area contributed by atoms with Gasteiger partial charge in [-0.25, -0.2) is 0 Å². The Bertz CT molecular complexity index is 1150. The second kappa shape index (κ2) is 9.15. The summed E-state index contributed by atoms with van der Waals surface area (Å²) < 4.78 is 6.70. The molecule has 1 saturated heterocycles. The van der Waals surface area contributed by atoms with Crippen molar-refractivity contribution in [1.82, 2.24) is 19.8 Å². The van der Waals surface area contributed by atoms with Gasteiger partial charge in [-0.15, -0.1) is 0 Å². The number of carbonyl (C=O) groups is 1. The monoisotopic (exact) mass is 451 g/mol. The summed E-state index contributed by atoms with van der Waals surface area (Å²) in [6, 6.07) is 15.4. The molecule has 0 unspecified atom stereocenters. The normalized spacial score (nSPS) is 17.8. The molecule has 9 nitrogen and oxygen atoms in total. The molecular weight excluding hydrogens is 430 g/mol. The Morgan fingerprint density at radius 3 is 2.81 bits per heavy atom. The number of thiocarbonyl (C=S) groups is 1. The standard InChI is InChI=1S/C22H21N5O4S/c1-31-19(28)10-13-26-21(20(24-22(26)32)17-8-2-3-11-23-17)18-9-5-12-25(18)15-6-4-7-16(14-15)27(29)30/h2-9,11-12,14,20-21H,10,13H2,1H3,(H,24,32)/t20-,21-/m0/s1. The van der Waals surface area contributed by atoms with Crippen molar-refractivity contribution in [2.24, 2.45) is 0 Å². The minimum atomic E-state index is -0.418. The summed E-state index contributed by atoms with van der Waals surface area (Å²) >= 11 is 5.61. The second-order valence-electron chi connectivity index (χ2n) is 7.23. The van der Waals surface area contributed by atoms with E-state index in [4.69, 9.17) is 17.0 Å². The Kier molecular flexibility index (Phi) is 6.13. The van der Waals surface area contributed by atoms with Gasteiger partial charge in [0.1, 0.15) is 0 Å². The fraction of sp³-hybridized carbons (Fsp3) is 0.227. The van der Waals surface area contributed by atoms with Crippen LogP contribution < -0.4 is 5.32 Å². The second-order valence-corrected chi connectivity index (χ2v) is 7.61. The molecule has 10 heteroatoms. The van der Waals surface area contributed by atoms with Crippen molar-refractivity contribution in [2.75, 3.05) is 13.7 Å². The molecular formula is C22H21N5O4S. The number of ether oxygens (including phenoxy) is 1. The van der Waals surface area contributed by atoms with Crippen LogP contribution in [0.2, 0.25) is 0 Å². The SMILES string of the molecule is COC(=O)CCN1C(=S)N[C@@H](c2ccccn2)[C@@H]1c1cccn1-c1cccc([N+](=O)[O-])c1. The van der Waals surface area contributed by atoms with Crippen LogP contribution in [0.25, 0.3) is 5.69 Å². The summed E-state index contributed by atoms with van der Waals surface area (Å²) in [5, 5.41) is 15.1. The number of pyridine rings is 1. The van der Waals surface area contributed by atoms with E-state index in [0.717, 1.165) is 11.4 Å². The fourth-order valence-corrected chi connectivity index (χ4v) is 4.24. The Morgan fingerprint density at radius 1 is 1.25 bits per heavy atom. The number of non-ortho nitro benzene ring substituents is 1. The average Bonchev–Trinajstić information content (AvgIpc) is 3.42. The van der Waals surface area contributed by atoms with Gasteiger partial charge in [-0.3, -0.25) is 19.9 Å². The molecule has 0 amide bonds. The third-order valence-corrected chi connectivity index (χ3v) is 5.74.